The topological polar surface area (TPSA) is 83.0 Å². The molecule has 162 valence electrons. The molecule has 1 N–H and O–H groups in total. The van der Waals surface area contributed by atoms with Crippen LogP contribution < -0.4 is 0 Å². The number of aromatic nitrogens is 1. The van der Waals surface area contributed by atoms with Gasteiger partial charge in [0.2, 0.25) is 0 Å². The third-order valence-electron chi connectivity index (χ3n) is 5.66. The van der Waals surface area contributed by atoms with E-state index in [1.54, 1.807) is 24.5 Å². The molecule has 0 unspecified atom stereocenters. The number of aliphatic hydroxyl groups excluding tert-OH is 1. The largest absolute Gasteiger partial charge is 0.507 e. The van der Waals surface area contributed by atoms with Gasteiger partial charge >= 0.3 is 0 Å². The van der Waals surface area contributed by atoms with E-state index >= 15 is 0 Å². The van der Waals surface area contributed by atoms with Crippen molar-refractivity contribution in [2.75, 3.05) is 39.4 Å². The van der Waals surface area contributed by atoms with E-state index in [2.05, 4.69) is 9.88 Å². The molecule has 1 aromatic heterocycles. The van der Waals surface area contributed by atoms with Crippen molar-refractivity contribution in [1.29, 1.82) is 0 Å². The maximum Gasteiger partial charge on any atom is 0.295 e. The number of hydrogen-bond acceptors (Lipinski definition) is 6. The first kappa shape index (κ1) is 21.1. The number of morpholine rings is 1. The zero-order valence-corrected chi connectivity index (χ0v) is 17.0. The third-order valence-corrected chi connectivity index (χ3v) is 5.66. The summed E-state index contributed by atoms with van der Waals surface area (Å²) in [7, 11) is 0. The van der Waals surface area contributed by atoms with Gasteiger partial charge in [-0.3, -0.25) is 19.5 Å². The van der Waals surface area contributed by atoms with Gasteiger partial charge in [0, 0.05) is 44.1 Å². The lowest BCUT2D eigenvalue weighted by atomic mass is 9.96. The molecular weight excluding hydrogens is 401 g/mol. The number of hydrogen-bond donors (Lipinski definition) is 1. The number of rotatable bonds is 6. The van der Waals surface area contributed by atoms with E-state index in [0.29, 0.717) is 31.7 Å². The van der Waals surface area contributed by atoms with Gasteiger partial charge in [-0.05, 0) is 48.4 Å². The number of benzene rings is 1. The highest BCUT2D eigenvalue weighted by molar-refractivity contribution is 6.46. The van der Waals surface area contributed by atoms with Crippen LogP contribution >= 0.6 is 0 Å². The van der Waals surface area contributed by atoms with Crippen molar-refractivity contribution in [1.82, 2.24) is 14.8 Å². The molecule has 1 amide bonds. The number of Topliss-reactive ketones (excluding diaryl/α,β-unsaturated/α-hetero) is 1. The second kappa shape index (κ2) is 9.36. The van der Waals surface area contributed by atoms with Crippen molar-refractivity contribution in [2.24, 2.45) is 0 Å². The highest BCUT2D eigenvalue weighted by Gasteiger charge is 2.45. The summed E-state index contributed by atoms with van der Waals surface area (Å²) in [5.74, 6) is -2.15. The number of nitrogens with zero attached hydrogens (tertiary/aromatic N) is 3. The molecule has 2 fully saturated rings. The van der Waals surface area contributed by atoms with Crippen LogP contribution in [0.2, 0.25) is 0 Å². The van der Waals surface area contributed by atoms with E-state index in [-0.39, 0.29) is 16.9 Å². The highest BCUT2D eigenvalue weighted by atomic mass is 19.1. The van der Waals surface area contributed by atoms with Gasteiger partial charge in [-0.15, -0.1) is 0 Å². The Kier molecular flexibility index (Phi) is 6.39. The molecule has 1 aromatic carbocycles. The summed E-state index contributed by atoms with van der Waals surface area (Å²) in [5.41, 5.74) is 0.977. The van der Waals surface area contributed by atoms with Crippen LogP contribution in [0.4, 0.5) is 4.39 Å². The van der Waals surface area contributed by atoms with Crippen molar-refractivity contribution in [3.8, 4) is 0 Å². The number of aliphatic hydroxyl groups is 1. The summed E-state index contributed by atoms with van der Waals surface area (Å²) in [5, 5.41) is 10.9. The molecule has 0 bridgehead atoms. The Morgan fingerprint density at radius 1 is 1.06 bits per heavy atom. The summed E-state index contributed by atoms with van der Waals surface area (Å²) in [6.07, 6.45) is 3.85. The summed E-state index contributed by atoms with van der Waals surface area (Å²) < 4.78 is 18.7. The van der Waals surface area contributed by atoms with Crippen LogP contribution in [0.25, 0.3) is 5.76 Å². The van der Waals surface area contributed by atoms with Gasteiger partial charge in [0.1, 0.15) is 11.6 Å². The molecule has 0 spiro atoms. The van der Waals surface area contributed by atoms with Gasteiger partial charge < -0.3 is 14.7 Å². The zero-order valence-electron chi connectivity index (χ0n) is 17.0. The number of likely N-dealkylation sites (tertiary alicyclic amines) is 1. The molecule has 7 nitrogen and oxygen atoms in total. The van der Waals surface area contributed by atoms with Gasteiger partial charge in [-0.25, -0.2) is 4.39 Å². The lowest BCUT2D eigenvalue weighted by Crippen LogP contribution is -2.38. The number of pyridine rings is 1. The summed E-state index contributed by atoms with van der Waals surface area (Å²) in [6.45, 7) is 4.23. The Labute approximate surface area is 179 Å². The molecule has 0 aliphatic carbocycles. The fraction of sp³-hybridized carbons (Fsp3) is 0.348. The first-order chi connectivity index (χ1) is 15.1. The van der Waals surface area contributed by atoms with E-state index in [4.69, 9.17) is 4.74 Å². The van der Waals surface area contributed by atoms with E-state index < -0.39 is 23.5 Å². The molecule has 2 saturated heterocycles. The third kappa shape index (κ3) is 4.50. The smallest absolute Gasteiger partial charge is 0.295 e. The van der Waals surface area contributed by atoms with Gasteiger partial charge in [0.15, 0.2) is 0 Å². The lowest BCUT2D eigenvalue weighted by molar-refractivity contribution is -0.140. The molecule has 3 heterocycles. The van der Waals surface area contributed by atoms with Crippen molar-refractivity contribution in [2.45, 2.75) is 12.5 Å². The Morgan fingerprint density at radius 2 is 1.74 bits per heavy atom. The number of carbonyl (C=O) groups excluding carboxylic acids is 2. The van der Waals surface area contributed by atoms with E-state index in [0.717, 1.165) is 19.6 Å². The number of ether oxygens (including phenoxy) is 1. The summed E-state index contributed by atoms with van der Waals surface area (Å²) >= 11 is 0. The average Bonchev–Trinajstić information content (AvgIpc) is 3.05. The summed E-state index contributed by atoms with van der Waals surface area (Å²) in [4.78, 5) is 33.6. The van der Waals surface area contributed by atoms with Gasteiger partial charge in [0.25, 0.3) is 11.7 Å². The fourth-order valence-electron chi connectivity index (χ4n) is 4.06. The van der Waals surface area contributed by atoms with Crippen molar-refractivity contribution < 1.29 is 23.8 Å². The highest BCUT2D eigenvalue weighted by Crippen LogP contribution is 2.39. The molecule has 2 aromatic rings. The minimum absolute atomic E-state index is 0.00850. The van der Waals surface area contributed by atoms with Crippen LogP contribution in [-0.2, 0) is 14.3 Å². The first-order valence-electron chi connectivity index (χ1n) is 10.3. The molecular formula is C23H24FN3O4. The lowest BCUT2D eigenvalue weighted by Gasteiger charge is -2.29. The van der Waals surface area contributed by atoms with E-state index in [9.17, 15) is 19.1 Å². The minimum Gasteiger partial charge on any atom is -0.507 e. The molecule has 0 radical (unpaired) electrons. The standard InChI is InChI=1S/C23H24FN3O4/c24-18-4-2-17(3-5-18)21(28)19-20(16-6-8-25-9-7-16)27(23(30)22(19)29)11-1-10-26-12-14-31-15-13-26/h2-9,20,28H,1,10-15H2/b21-19+/t20-/m0/s1. The fourth-order valence-corrected chi connectivity index (χ4v) is 4.06. The van der Waals surface area contributed by atoms with Crippen LogP contribution in [0, 0.1) is 5.82 Å². The van der Waals surface area contributed by atoms with Crippen molar-refractivity contribution >= 4 is 17.4 Å². The molecule has 4 rings (SSSR count). The quantitative estimate of drug-likeness (QED) is 0.435. The van der Waals surface area contributed by atoms with Crippen LogP contribution in [0.3, 0.4) is 0 Å². The second-order valence-electron chi connectivity index (χ2n) is 7.59. The zero-order chi connectivity index (χ0) is 21.8. The Hall–Kier alpha value is -3.10. The number of halogens is 1. The Bertz CT molecular complexity index is 972. The average molecular weight is 425 g/mol. The molecule has 2 aliphatic heterocycles. The van der Waals surface area contributed by atoms with E-state index in [1.807, 2.05) is 0 Å². The Balaban J connectivity index is 1.64. The Morgan fingerprint density at radius 3 is 2.42 bits per heavy atom. The van der Waals surface area contributed by atoms with Gasteiger partial charge in [-0.2, -0.15) is 0 Å². The van der Waals surface area contributed by atoms with Crippen LogP contribution in [-0.4, -0.2) is 71.0 Å². The maximum atomic E-state index is 13.3. The van der Waals surface area contributed by atoms with Crippen LogP contribution in [0.1, 0.15) is 23.6 Å². The normalized spacial score (nSPS) is 21.6. The molecule has 8 heteroatoms. The first-order valence-corrected chi connectivity index (χ1v) is 10.3. The SMILES string of the molecule is O=C1C(=O)N(CCCN2CCOCC2)[C@@H](c2ccncc2)/C1=C(\O)c1ccc(F)cc1. The van der Waals surface area contributed by atoms with Gasteiger partial charge in [-0.1, -0.05) is 0 Å². The van der Waals surface area contributed by atoms with Crippen LogP contribution in [0.5, 0.6) is 0 Å². The number of amides is 1. The molecule has 31 heavy (non-hydrogen) atoms. The predicted octanol–water partition coefficient (Wildman–Crippen LogP) is 2.36. The molecule has 1 atom stereocenters. The number of ketones is 1. The minimum atomic E-state index is -0.741. The van der Waals surface area contributed by atoms with Crippen molar-refractivity contribution in [3.05, 3.63) is 71.3 Å². The van der Waals surface area contributed by atoms with Crippen LogP contribution in [0.15, 0.2) is 54.4 Å². The predicted molar refractivity (Wildman–Crippen MR) is 112 cm³/mol. The molecule has 2 aliphatic rings. The second-order valence-corrected chi connectivity index (χ2v) is 7.59. The summed E-state index contributed by atoms with van der Waals surface area (Å²) in [6, 6.07) is 7.91. The van der Waals surface area contributed by atoms with Crippen molar-refractivity contribution in [3.63, 3.8) is 0 Å². The maximum absolute atomic E-state index is 13.3. The van der Waals surface area contributed by atoms with Gasteiger partial charge in [0.05, 0.1) is 24.8 Å². The van der Waals surface area contributed by atoms with E-state index in [1.165, 1.54) is 29.2 Å². The molecule has 0 saturated carbocycles. The monoisotopic (exact) mass is 425 g/mol. The number of carbonyl (C=O) groups is 2.